The number of aromatic amines is 1. The maximum Gasteiger partial charge on any atom is 0.416 e. The Morgan fingerprint density at radius 2 is 1.64 bits per heavy atom. The molecule has 0 fully saturated rings. The van der Waals surface area contributed by atoms with Crippen LogP contribution in [0.2, 0.25) is 0 Å². The second kappa shape index (κ2) is 6.12. The number of hydrogen-bond acceptors (Lipinski definition) is 2. The first-order chi connectivity index (χ1) is 11.8. The second-order valence-corrected chi connectivity index (χ2v) is 5.60. The topological polar surface area (TPSA) is 59.8 Å². The highest BCUT2D eigenvalue weighted by atomic mass is 19.4. The summed E-state index contributed by atoms with van der Waals surface area (Å²) in [5.74, 6) is 0. The van der Waals surface area contributed by atoms with Crippen molar-refractivity contribution in [1.82, 2.24) is 14.3 Å². The molecule has 2 aromatic carbocycles. The number of aryl methyl sites for hydroxylation is 1. The summed E-state index contributed by atoms with van der Waals surface area (Å²) in [5.41, 5.74) is -0.242. The summed E-state index contributed by atoms with van der Waals surface area (Å²) in [6.45, 7) is 1.68. The SMILES string of the molecule is Cc1ccccc1-n1[nH]c(=O)n(Cc2ccc(C(F)(F)F)cc2)c1=O. The van der Waals surface area contributed by atoms with Crippen LogP contribution in [0.5, 0.6) is 0 Å². The van der Waals surface area contributed by atoms with Crippen LogP contribution in [0.15, 0.2) is 58.1 Å². The van der Waals surface area contributed by atoms with Gasteiger partial charge in [0.05, 0.1) is 17.8 Å². The summed E-state index contributed by atoms with van der Waals surface area (Å²) < 4.78 is 39.8. The average molecular weight is 349 g/mol. The van der Waals surface area contributed by atoms with Gasteiger partial charge in [-0.05, 0) is 36.2 Å². The maximum absolute atomic E-state index is 12.6. The molecule has 1 heterocycles. The number of halogens is 3. The molecule has 0 saturated carbocycles. The van der Waals surface area contributed by atoms with Gasteiger partial charge in [0, 0.05) is 0 Å². The standard InChI is InChI=1S/C17H14F3N3O2/c1-11-4-2-3-5-14(11)23-16(25)22(15(24)21-23)10-12-6-8-13(9-7-12)17(18,19)20/h2-9H,10H2,1H3,(H,21,24). The minimum atomic E-state index is -4.43. The molecule has 0 aliphatic carbocycles. The van der Waals surface area contributed by atoms with Crippen LogP contribution in [0.1, 0.15) is 16.7 Å². The quantitative estimate of drug-likeness (QED) is 0.790. The van der Waals surface area contributed by atoms with Crippen molar-refractivity contribution in [3.8, 4) is 5.69 Å². The van der Waals surface area contributed by atoms with Crippen LogP contribution in [0, 0.1) is 6.92 Å². The Labute approximate surface area is 139 Å². The number of benzene rings is 2. The molecule has 1 N–H and O–H groups in total. The molecule has 130 valence electrons. The number of para-hydroxylation sites is 1. The first-order valence-electron chi connectivity index (χ1n) is 7.41. The molecule has 5 nitrogen and oxygen atoms in total. The van der Waals surface area contributed by atoms with E-state index in [9.17, 15) is 22.8 Å². The predicted octanol–water partition coefficient (Wildman–Crippen LogP) is 2.70. The first-order valence-corrected chi connectivity index (χ1v) is 7.41. The number of hydrogen-bond donors (Lipinski definition) is 1. The highest BCUT2D eigenvalue weighted by Gasteiger charge is 2.29. The molecule has 0 atom stereocenters. The highest BCUT2D eigenvalue weighted by molar-refractivity contribution is 5.38. The van der Waals surface area contributed by atoms with Crippen LogP contribution in [0.25, 0.3) is 5.69 Å². The zero-order chi connectivity index (χ0) is 18.2. The van der Waals surface area contributed by atoms with Crippen molar-refractivity contribution in [3.63, 3.8) is 0 Å². The summed E-state index contributed by atoms with van der Waals surface area (Å²) in [7, 11) is 0. The van der Waals surface area contributed by atoms with Gasteiger partial charge < -0.3 is 0 Å². The van der Waals surface area contributed by atoms with Crippen molar-refractivity contribution < 1.29 is 13.2 Å². The molecule has 0 amide bonds. The molecule has 1 aromatic heterocycles. The second-order valence-electron chi connectivity index (χ2n) is 5.60. The molecule has 0 aliphatic rings. The highest BCUT2D eigenvalue weighted by Crippen LogP contribution is 2.29. The smallest absolute Gasteiger partial charge is 0.246 e. The minimum absolute atomic E-state index is 0.120. The van der Waals surface area contributed by atoms with Gasteiger partial charge in [0.15, 0.2) is 0 Å². The van der Waals surface area contributed by atoms with E-state index in [0.717, 1.165) is 26.9 Å². The zero-order valence-corrected chi connectivity index (χ0v) is 13.2. The number of aromatic nitrogens is 3. The molecule has 0 radical (unpaired) electrons. The van der Waals surface area contributed by atoms with Crippen molar-refractivity contribution in [2.75, 3.05) is 0 Å². The van der Waals surface area contributed by atoms with Crippen molar-refractivity contribution in [2.45, 2.75) is 19.6 Å². The normalized spacial score (nSPS) is 11.7. The van der Waals surface area contributed by atoms with E-state index < -0.39 is 23.1 Å². The van der Waals surface area contributed by atoms with Crippen LogP contribution in [0.3, 0.4) is 0 Å². The van der Waals surface area contributed by atoms with E-state index in [1.165, 1.54) is 12.1 Å². The van der Waals surface area contributed by atoms with Gasteiger partial charge in [-0.15, -0.1) is 0 Å². The molecule has 0 spiro atoms. The Morgan fingerprint density at radius 3 is 2.24 bits per heavy atom. The van der Waals surface area contributed by atoms with E-state index in [-0.39, 0.29) is 6.54 Å². The van der Waals surface area contributed by atoms with Gasteiger partial charge in [-0.25, -0.2) is 23.9 Å². The molecule has 25 heavy (non-hydrogen) atoms. The summed E-state index contributed by atoms with van der Waals surface area (Å²) in [6.07, 6.45) is -4.43. The largest absolute Gasteiger partial charge is 0.416 e. The third-order valence-corrected chi connectivity index (χ3v) is 3.85. The van der Waals surface area contributed by atoms with Gasteiger partial charge in [0.25, 0.3) is 0 Å². The first kappa shape index (κ1) is 16.8. The molecule has 3 rings (SSSR count). The van der Waals surface area contributed by atoms with Gasteiger partial charge in [-0.2, -0.15) is 13.2 Å². The Kier molecular flexibility index (Phi) is 4.12. The fourth-order valence-electron chi connectivity index (χ4n) is 2.51. The molecule has 8 heteroatoms. The number of nitrogens with zero attached hydrogens (tertiary/aromatic N) is 2. The zero-order valence-electron chi connectivity index (χ0n) is 13.2. The molecular formula is C17H14F3N3O2. The van der Waals surface area contributed by atoms with Crippen LogP contribution in [-0.2, 0) is 12.7 Å². The van der Waals surface area contributed by atoms with Gasteiger partial charge in [0.1, 0.15) is 0 Å². The van der Waals surface area contributed by atoms with E-state index >= 15 is 0 Å². The van der Waals surface area contributed by atoms with Crippen LogP contribution >= 0.6 is 0 Å². The van der Waals surface area contributed by atoms with Gasteiger partial charge in [-0.1, -0.05) is 30.3 Å². The number of H-pyrrole nitrogens is 1. The third kappa shape index (κ3) is 3.28. The van der Waals surface area contributed by atoms with E-state index in [0.29, 0.717) is 11.3 Å². The number of nitrogens with one attached hydrogen (secondary N) is 1. The summed E-state index contributed by atoms with van der Waals surface area (Å²) in [5, 5.41) is 2.46. The Bertz CT molecular complexity index is 1010. The van der Waals surface area contributed by atoms with Crippen molar-refractivity contribution in [2.24, 2.45) is 0 Å². The average Bonchev–Trinajstić information content (AvgIpc) is 2.83. The number of rotatable bonds is 3. The van der Waals surface area contributed by atoms with Crippen LogP contribution in [0.4, 0.5) is 13.2 Å². The summed E-state index contributed by atoms with van der Waals surface area (Å²) in [4.78, 5) is 24.6. The molecule has 0 unspecified atom stereocenters. The fraction of sp³-hybridized carbons (Fsp3) is 0.176. The minimum Gasteiger partial charge on any atom is -0.246 e. The summed E-state index contributed by atoms with van der Waals surface area (Å²) >= 11 is 0. The molecule has 0 aliphatic heterocycles. The molecule has 3 aromatic rings. The Hall–Kier alpha value is -3.03. The lowest BCUT2D eigenvalue weighted by Crippen LogP contribution is -2.29. The Balaban J connectivity index is 1.96. The van der Waals surface area contributed by atoms with Crippen LogP contribution < -0.4 is 11.4 Å². The van der Waals surface area contributed by atoms with E-state index in [1.807, 2.05) is 0 Å². The predicted molar refractivity (Wildman–Crippen MR) is 85.9 cm³/mol. The Morgan fingerprint density at radius 1 is 1.00 bits per heavy atom. The lowest BCUT2D eigenvalue weighted by Gasteiger charge is -2.07. The fourth-order valence-corrected chi connectivity index (χ4v) is 2.51. The van der Waals surface area contributed by atoms with E-state index in [2.05, 4.69) is 5.10 Å². The van der Waals surface area contributed by atoms with E-state index in [1.54, 1.807) is 31.2 Å². The maximum atomic E-state index is 12.6. The van der Waals surface area contributed by atoms with Gasteiger partial charge >= 0.3 is 17.6 Å². The van der Waals surface area contributed by atoms with Gasteiger partial charge in [-0.3, -0.25) is 0 Å². The van der Waals surface area contributed by atoms with Crippen molar-refractivity contribution in [3.05, 3.63) is 86.2 Å². The van der Waals surface area contributed by atoms with Crippen molar-refractivity contribution >= 4 is 0 Å². The molecule has 0 bridgehead atoms. The summed E-state index contributed by atoms with van der Waals surface area (Å²) in [6, 6.07) is 11.4. The molecular weight excluding hydrogens is 335 g/mol. The van der Waals surface area contributed by atoms with Crippen molar-refractivity contribution in [1.29, 1.82) is 0 Å². The monoisotopic (exact) mass is 349 g/mol. The molecule has 0 saturated heterocycles. The lowest BCUT2D eigenvalue weighted by molar-refractivity contribution is -0.137. The number of alkyl halides is 3. The van der Waals surface area contributed by atoms with Gasteiger partial charge in [0.2, 0.25) is 0 Å². The lowest BCUT2D eigenvalue weighted by atomic mass is 10.1. The van der Waals surface area contributed by atoms with E-state index in [4.69, 9.17) is 0 Å². The third-order valence-electron chi connectivity index (χ3n) is 3.85. The van der Waals surface area contributed by atoms with Crippen LogP contribution in [-0.4, -0.2) is 14.3 Å².